The number of hydrogen-bond acceptors (Lipinski definition) is 2. The Kier molecular flexibility index (Phi) is 9.27. The Balaban J connectivity index is 1.03. The van der Waals surface area contributed by atoms with Gasteiger partial charge in [-0.2, -0.15) is 0 Å². The van der Waals surface area contributed by atoms with E-state index in [-0.39, 0.29) is 0 Å². The summed E-state index contributed by atoms with van der Waals surface area (Å²) in [5, 5.41) is 1.09. The van der Waals surface area contributed by atoms with Crippen molar-refractivity contribution in [2.45, 2.75) is 0 Å². The van der Waals surface area contributed by atoms with Crippen molar-refractivity contribution in [3.63, 3.8) is 0 Å². The zero-order chi connectivity index (χ0) is 38.7. The minimum absolute atomic E-state index is 0.847. The molecule has 0 aliphatic rings. The summed E-state index contributed by atoms with van der Waals surface area (Å²) in [7, 11) is 0. The van der Waals surface area contributed by atoms with Gasteiger partial charge in [0.25, 0.3) is 0 Å². The fourth-order valence-corrected chi connectivity index (χ4v) is 8.01. The number of hydrogen-bond donors (Lipinski definition) is 0. The van der Waals surface area contributed by atoms with Gasteiger partial charge in [-0.25, -0.2) is 0 Å². The molecule has 0 radical (unpaired) electrons. The van der Waals surface area contributed by atoms with E-state index in [0.29, 0.717) is 0 Å². The van der Waals surface area contributed by atoms with Gasteiger partial charge in [-0.15, -0.1) is 0 Å². The highest BCUT2D eigenvalue weighted by Crippen LogP contribution is 2.42. The Morgan fingerprint density at radius 2 is 0.672 bits per heavy atom. The molecule has 10 aromatic rings. The molecule has 0 aliphatic heterocycles. The summed E-state index contributed by atoms with van der Waals surface area (Å²) in [6.07, 6.45) is 0. The lowest BCUT2D eigenvalue weighted by Gasteiger charge is -2.26. The van der Waals surface area contributed by atoms with Crippen LogP contribution in [0.4, 0.5) is 17.1 Å². The minimum Gasteiger partial charge on any atom is -0.456 e. The van der Waals surface area contributed by atoms with Crippen molar-refractivity contribution in [2.24, 2.45) is 0 Å². The number of benzene rings is 9. The Labute approximate surface area is 339 Å². The van der Waals surface area contributed by atoms with Crippen LogP contribution >= 0.6 is 0 Å². The molecule has 274 valence electrons. The van der Waals surface area contributed by atoms with Crippen LogP contribution in [0.15, 0.2) is 241 Å². The molecule has 10 rings (SSSR count). The average molecular weight is 742 g/mol. The lowest BCUT2D eigenvalue weighted by molar-refractivity contribution is 0.631. The second-order valence-electron chi connectivity index (χ2n) is 14.5. The van der Waals surface area contributed by atoms with Crippen LogP contribution < -0.4 is 4.90 Å². The largest absolute Gasteiger partial charge is 0.456 e. The van der Waals surface area contributed by atoms with Gasteiger partial charge < -0.3 is 9.32 Å². The maximum Gasteiger partial charge on any atom is 0.135 e. The van der Waals surface area contributed by atoms with Crippen LogP contribution in [0, 0.1) is 0 Å². The minimum atomic E-state index is 0.847. The van der Waals surface area contributed by atoms with E-state index in [9.17, 15) is 0 Å². The molecule has 0 fully saturated rings. The molecule has 0 bridgehead atoms. The Hall–Kier alpha value is -7.68. The molecule has 0 aliphatic carbocycles. The Morgan fingerprint density at radius 1 is 0.259 bits per heavy atom. The van der Waals surface area contributed by atoms with Crippen LogP contribution in [0.3, 0.4) is 0 Å². The Bertz CT molecular complexity index is 2930. The molecule has 1 heterocycles. The number of para-hydroxylation sites is 1. The third kappa shape index (κ3) is 6.89. The molecular formula is C56H39NO. The Morgan fingerprint density at radius 3 is 1.24 bits per heavy atom. The van der Waals surface area contributed by atoms with Crippen LogP contribution in [-0.4, -0.2) is 0 Å². The van der Waals surface area contributed by atoms with Crippen LogP contribution in [0.25, 0.3) is 77.9 Å². The zero-order valence-electron chi connectivity index (χ0n) is 31.9. The molecule has 0 saturated heterocycles. The van der Waals surface area contributed by atoms with Crippen molar-refractivity contribution in [1.29, 1.82) is 0 Å². The monoisotopic (exact) mass is 741 g/mol. The van der Waals surface area contributed by atoms with Gasteiger partial charge >= 0.3 is 0 Å². The lowest BCUT2D eigenvalue weighted by atomic mass is 9.89. The number of nitrogens with zero attached hydrogens (tertiary/aromatic N) is 1. The fourth-order valence-electron chi connectivity index (χ4n) is 8.01. The molecular weight excluding hydrogens is 703 g/mol. The van der Waals surface area contributed by atoms with Crippen molar-refractivity contribution in [3.05, 3.63) is 237 Å². The van der Waals surface area contributed by atoms with Crippen molar-refractivity contribution >= 4 is 28.0 Å². The number of anilines is 3. The molecule has 0 amide bonds. The number of furan rings is 1. The first-order valence-electron chi connectivity index (χ1n) is 19.7. The quantitative estimate of drug-likeness (QED) is 0.146. The predicted molar refractivity (Wildman–Crippen MR) is 244 cm³/mol. The van der Waals surface area contributed by atoms with Crippen LogP contribution in [0.5, 0.6) is 0 Å². The summed E-state index contributed by atoms with van der Waals surface area (Å²) in [5.74, 6) is 0.847. The van der Waals surface area contributed by atoms with Crippen molar-refractivity contribution in [2.75, 3.05) is 4.90 Å². The molecule has 0 saturated carbocycles. The van der Waals surface area contributed by atoms with Gasteiger partial charge in [0.1, 0.15) is 11.3 Å². The molecule has 2 heteroatoms. The maximum atomic E-state index is 6.33. The van der Waals surface area contributed by atoms with Gasteiger partial charge in [0.15, 0.2) is 0 Å². The highest BCUT2D eigenvalue weighted by atomic mass is 16.3. The van der Waals surface area contributed by atoms with Crippen molar-refractivity contribution in [3.8, 4) is 67.0 Å². The topological polar surface area (TPSA) is 16.4 Å². The molecule has 0 N–H and O–H groups in total. The summed E-state index contributed by atoms with van der Waals surface area (Å²) >= 11 is 0. The SMILES string of the molecule is c1ccc(-c2ccc(-c3ccc(N(c4ccc(-c5ccccc5-c5ccccc5-c5ccccc5)cc4)c4cccc(-c5cc6ccccc6o5)c4)cc3)cc2)cc1. The standard InChI is InChI=1S/C56H39NO/c1-3-14-40(15-4-1)41-26-28-42(29-27-41)43-30-34-48(35-31-43)57(50-20-13-19-46(38-50)56-39-47-18-7-12-25-55(47)58-56)49-36-32-45(33-37-49)52-22-9-11-24-54(52)53-23-10-8-21-51(53)44-16-5-2-6-17-44/h1-39H. The summed E-state index contributed by atoms with van der Waals surface area (Å²) in [6, 6.07) is 84.2. The number of rotatable bonds is 9. The zero-order valence-corrected chi connectivity index (χ0v) is 31.9. The molecule has 2 nitrogen and oxygen atoms in total. The van der Waals surface area contributed by atoms with Crippen LogP contribution in [0.2, 0.25) is 0 Å². The lowest BCUT2D eigenvalue weighted by Crippen LogP contribution is -2.10. The molecule has 9 aromatic carbocycles. The van der Waals surface area contributed by atoms with Crippen LogP contribution in [0.1, 0.15) is 0 Å². The van der Waals surface area contributed by atoms with E-state index in [1.165, 1.54) is 50.1 Å². The average Bonchev–Trinajstić information content (AvgIpc) is 3.75. The molecule has 0 atom stereocenters. The van der Waals surface area contributed by atoms with E-state index in [4.69, 9.17) is 4.42 Å². The highest BCUT2D eigenvalue weighted by molar-refractivity contribution is 5.92. The molecule has 0 spiro atoms. The molecule has 0 unspecified atom stereocenters. The van der Waals surface area contributed by atoms with E-state index in [0.717, 1.165) is 44.9 Å². The van der Waals surface area contributed by atoms with Gasteiger partial charge in [0, 0.05) is 28.0 Å². The van der Waals surface area contributed by atoms with E-state index in [2.05, 4.69) is 223 Å². The summed E-state index contributed by atoms with van der Waals surface area (Å²) in [6.45, 7) is 0. The van der Waals surface area contributed by atoms with Crippen molar-refractivity contribution < 1.29 is 4.42 Å². The highest BCUT2D eigenvalue weighted by Gasteiger charge is 2.17. The van der Waals surface area contributed by atoms with Gasteiger partial charge in [0.2, 0.25) is 0 Å². The summed E-state index contributed by atoms with van der Waals surface area (Å²) in [4.78, 5) is 2.33. The second-order valence-corrected chi connectivity index (χ2v) is 14.5. The van der Waals surface area contributed by atoms with E-state index in [1.54, 1.807) is 0 Å². The smallest absolute Gasteiger partial charge is 0.135 e. The second kappa shape index (κ2) is 15.5. The van der Waals surface area contributed by atoms with Crippen LogP contribution in [-0.2, 0) is 0 Å². The van der Waals surface area contributed by atoms with Gasteiger partial charge in [-0.3, -0.25) is 0 Å². The summed E-state index contributed by atoms with van der Waals surface area (Å²) < 4.78 is 6.33. The summed E-state index contributed by atoms with van der Waals surface area (Å²) in [5.41, 5.74) is 17.1. The molecule has 58 heavy (non-hydrogen) atoms. The van der Waals surface area contributed by atoms with E-state index >= 15 is 0 Å². The van der Waals surface area contributed by atoms with Crippen molar-refractivity contribution in [1.82, 2.24) is 0 Å². The third-order valence-corrected chi connectivity index (χ3v) is 10.9. The predicted octanol–water partition coefficient (Wildman–Crippen LogP) is 15.9. The first kappa shape index (κ1) is 34.8. The normalized spacial score (nSPS) is 11.1. The van der Waals surface area contributed by atoms with E-state index < -0.39 is 0 Å². The first-order valence-corrected chi connectivity index (χ1v) is 19.7. The fraction of sp³-hybridized carbons (Fsp3) is 0. The van der Waals surface area contributed by atoms with Gasteiger partial charge in [-0.1, -0.05) is 188 Å². The maximum absolute atomic E-state index is 6.33. The molecule has 1 aromatic heterocycles. The van der Waals surface area contributed by atoms with Gasteiger partial charge in [-0.05, 0) is 104 Å². The van der Waals surface area contributed by atoms with E-state index in [1.807, 2.05) is 18.2 Å². The third-order valence-electron chi connectivity index (χ3n) is 10.9. The first-order chi connectivity index (χ1) is 28.7. The van der Waals surface area contributed by atoms with Gasteiger partial charge in [0.05, 0.1) is 0 Å². The number of fused-ring (bicyclic) bond motifs is 1.